The number of ether oxygens (including phenoxy) is 1. The lowest BCUT2D eigenvalue weighted by Crippen LogP contribution is -2.48. The summed E-state index contributed by atoms with van der Waals surface area (Å²) in [5, 5.41) is 0.326. The normalized spacial score (nSPS) is 21.8. The van der Waals surface area contributed by atoms with Gasteiger partial charge < -0.3 is 9.64 Å². The fourth-order valence-electron chi connectivity index (χ4n) is 6.92. The van der Waals surface area contributed by atoms with E-state index in [1.807, 2.05) is 53.5 Å². The smallest absolute Gasteiger partial charge is 0.187 e. The molecule has 0 saturated carbocycles. The third kappa shape index (κ3) is 3.18. The van der Waals surface area contributed by atoms with Crippen molar-refractivity contribution in [1.29, 1.82) is 0 Å². The van der Waals surface area contributed by atoms with Crippen LogP contribution in [-0.2, 0) is 0 Å². The van der Waals surface area contributed by atoms with Crippen LogP contribution < -0.4 is 9.64 Å². The summed E-state index contributed by atoms with van der Waals surface area (Å²) >= 11 is 6.58. The van der Waals surface area contributed by atoms with Crippen LogP contribution in [-0.4, -0.2) is 36.5 Å². The summed E-state index contributed by atoms with van der Waals surface area (Å²) in [5.41, 5.74) is 2.01. The molecule has 4 aromatic carbocycles. The van der Waals surface area contributed by atoms with Gasteiger partial charge in [0.25, 0.3) is 0 Å². The fourth-order valence-corrected chi connectivity index (χ4v) is 7.15. The Balaban J connectivity index is 1.55. The van der Waals surface area contributed by atoms with Crippen LogP contribution in [0, 0.1) is 5.41 Å². The van der Waals surface area contributed by atoms with Gasteiger partial charge in [-0.2, -0.15) is 0 Å². The molecule has 6 heteroatoms. The SMILES string of the molecule is COc1ccc([C@H]2[C@H](C(=O)c3ccccc3Cl)N3c4ccccc4C=C[C@H]3C23C(=O)c2ccccc2C3=O)cc1. The van der Waals surface area contributed by atoms with Gasteiger partial charge in [0.1, 0.15) is 17.2 Å². The number of halogens is 1. The number of methoxy groups -OCH3 is 1. The van der Waals surface area contributed by atoms with E-state index in [0.29, 0.717) is 33.0 Å². The summed E-state index contributed by atoms with van der Waals surface area (Å²) in [6.07, 6.45) is 3.87. The first-order chi connectivity index (χ1) is 19.5. The highest BCUT2D eigenvalue weighted by atomic mass is 35.5. The first-order valence-corrected chi connectivity index (χ1v) is 13.5. The number of carbonyl (C=O) groups is 3. The molecule has 0 bridgehead atoms. The highest BCUT2D eigenvalue weighted by Crippen LogP contribution is 2.61. The second-order valence-corrected chi connectivity index (χ2v) is 10.8. The summed E-state index contributed by atoms with van der Waals surface area (Å²) in [7, 11) is 1.58. The molecule has 0 radical (unpaired) electrons. The van der Waals surface area contributed by atoms with E-state index >= 15 is 0 Å². The Kier molecular flexibility index (Phi) is 5.55. The number of hydrogen-bond donors (Lipinski definition) is 0. The maximum atomic E-state index is 14.7. The Bertz CT molecular complexity index is 1710. The minimum atomic E-state index is -1.55. The number of Topliss-reactive ketones (excluding diaryl/α,β-unsaturated/α-hetero) is 3. The van der Waals surface area contributed by atoms with E-state index in [1.165, 1.54) is 0 Å². The summed E-state index contributed by atoms with van der Waals surface area (Å²) < 4.78 is 5.40. The molecular weight excluding hydrogens is 522 g/mol. The van der Waals surface area contributed by atoms with Gasteiger partial charge >= 0.3 is 0 Å². The van der Waals surface area contributed by atoms with Gasteiger partial charge in [0.2, 0.25) is 0 Å². The highest BCUT2D eigenvalue weighted by Gasteiger charge is 2.71. The van der Waals surface area contributed by atoms with E-state index in [-0.39, 0.29) is 17.3 Å². The standard InChI is InChI=1S/C34H24ClNO4/c1-40-22-17-14-21(15-18-22)29-30(31(37)25-11-5-6-12-26(25)35)36-27-13-7-2-8-20(27)16-19-28(36)34(29)32(38)23-9-3-4-10-24(23)33(34)39/h2-19,28-30H,1H3/t28-,29-,30+/m0/s1. The van der Waals surface area contributed by atoms with Crippen molar-refractivity contribution in [1.82, 2.24) is 0 Å². The molecule has 3 atom stereocenters. The molecule has 1 saturated heterocycles. The Morgan fingerprint density at radius 1 is 0.825 bits per heavy atom. The van der Waals surface area contributed by atoms with Crippen molar-refractivity contribution in [3.63, 3.8) is 0 Å². The molecule has 40 heavy (non-hydrogen) atoms. The monoisotopic (exact) mass is 545 g/mol. The molecule has 0 unspecified atom stereocenters. The van der Waals surface area contributed by atoms with Crippen LogP contribution in [0.2, 0.25) is 5.02 Å². The maximum absolute atomic E-state index is 14.7. The predicted octanol–water partition coefficient (Wildman–Crippen LogP) is 6.66. The van der Waals surface area contributed by atoms with Crippen LogP contribution in [0.5, 0.6) is 5.75 Å². The van der Waals surface area contributed by atoms with Crippen molar-refractivity contribution in [2.45, 2.75) is 18.0 Å². The summed E-state index contributed by atoms with van der Waals surface area (Å²) in [6, 6.07) is 27.4. The van der Waals surface area contributed by atoms with Gasteiger partial charge in [-0.3, -0.25) is 14.4 Å². The number of hydrogen-bond acceptors (Lipinski definition) is 5. The van der Waals surface area contributed by atoms with Crippen molar-refractivity contribution in [2.75, 3.05) is 12.0 Å². The molecule has 0 aromatic heterocycles. The van der Waals surface area contributed by atoms with Gasteiger partial charge in [-0.15, -0.1) is 0 Å². The van der Waals surface area contributed by atoms with E-state index in [1.54, 1.807) is 67.8 Å². The number of para-hydroxylation sites is 1. The largest absolute Gasteiger partial charge is 0.497 e. The van der Waals surface area contributed by atoms with E-state index in [2.05, 4.69) is 0 Å². The molecule has 196 valence electrons. The van der Waals surface area contributed by atoms with E-state index in [4.69, 9.17) is 16.3 Å². The molecular formula is C34H24ClNO4. The van der Waals surface area contributed by atoms with Crippen LogP contribution in [0.3, 0.4) is 0 Å². The molecule has 5 nitrogen and oxygen atoms in total. The minimum Gasteiger partial charge on any atom is -0.497 e. The first-order valence-electron chi connectivity index (χ1n) is 13.2. The molecule has 0 N–H and O–H groups in total. The zero-order valence-electron chi connectivity index (χ0n) is 21.6. The zero-order chi connectivity index (χ0) is 27.6. The number of ketones is 3. The summed E-state index contributed by atoms with van der Waals surface area (Å²) in [5.74, 6) is -0.921. The molecule has 2 aliphatic heterocycles. The van der Waals surface area contributed by atoms with Crippen molar-refractivity contribution < 1.29 is 19.1 Å². The summed E-state index contributed by atoms with van der Waals surface area (Å²) in [4.78, 5) is 45.9. The molecule has 4 aromatic rings. The van der Waals surface area contributed by atoms with Gasteiger partial charge in [-0.1, -0.05) is 90.5 Å². The van der Waals surface area contributed by atoms with Crippen LogP contribution in [0.1, 0.15) is 48.1 Å². The Labute approximate surface area is 236 Å². The first kappa shape index (κ1) is 24.6. The molecule has 1 spiro atoms. The third-order valence-corrected chi connectivity index (χ3v) is 8.93. The van der Waals surface area contributed by atoms with E-state index in [0.717, 1.165) is 11.3 Å². The van der Waals surface area contributed by atoms with Crippen molar-refractivity contribution in [3.8, 4) is 5.75 Å². The van der Waals surface area contributed by atoms with Crippen LogP contribution in [0.15, 0.2) is 103 Å². The second kappa shape index (κ2) is 9.04. The van der Waals surface area contributed by atoms with Gasteiger partial charge in [-0.25, -0.2) is 0 Å². The van der Waals surface area contributed by atoms with Crippen molar-refractivity contribution >= 4 is 40.7 Å². The van der Waals surface area contributed by atoms with E-state index in [9.17, 15) is 14.4 Å². The number of fused-ring (bicyclic) bond motifs is 5. The van der Waals surface area contributed by atoms with Crippen molar-refractivity contribution in [3.05, 3.63) is 136 Å². The van der Waals surface area contributed by atoms with Crippen LogP contribution in [0.25, 0.3) is 6.08 Å². The molecule has 7 rings (SSSR count). The lowest BCUT2D eigenvalue weighted by Gasteiger charge is -2.37. The lowest BCUT2D eigenvalue weighted by atomic mass is 9.64. The topological polar surface area (TPSA) is 63.7 Å². The van der Waals surface area contributed by atoms with E-state index < -0.39 is 23.4 Å². The average Bonchev–Trinajstić information content (AvgIpc) is 3.43. The van der Waals surface area contributed by atoms with Crippen LogP contribution in [0.4, 0.5) is 5.69 Å². The van der Waals surface area contributed by atoms with Gasteiger partial charge in [0, 0.05) is 28.3 Å². The van der Waals surface area contributed by atoms with Crippen molar-refractivity contribution in [2.24, 2.45) is 5.41 Å². The molecule has 2 heterocycles. The zero-order valence-corrected chi connectivity index (χ0v) is 22.3. The lowest BCUT2D eigenvalue weighted by molar-refractivity contribution is 0.0666. The summed E-state index contributed by atoms with van der Waals surface area (Å²) in [6.45, 7) is 0. The Morgan fingerprint density at radius 3 is 2.12 bits per heavy atom. The number of carbonyl (C=O) groups excluding carboxylic acids is 3. The number of benzene rings is 4. The molecule has 1 fully saturated rings. The second-order valence-electron chi connectivity index (χ2n) is 10.4. The molecule has 0 amide bonds. The Hall–Kier alpha value is -4.48. The van der Waals surface area contributed by atoms with Gasteiger partial charge in [-0.05, 0) is 41.5 Å². The number of rotatable bonds is 4. The third-order valence-electron chi connectivity index (χ3n) is 8.60. The predicted molar refractivity (Wildman–Crippen MR) is 155 cm³/mol. The van der Waals surface area contributed by atoms with Gasteiger partial charge in [0.15, 0.2) is 17.3 Å². The van der Waals surface area contributed by atoms with Gasteiger partial charge in [0.05, 0.1) is 18.2 Å². The quantitative estimate of drug-likeness (QED) is 0.212. The fraction of sp³-hybridized carbons (Fsp3) is 0.147. The average molecular weight is 546 g/mol. The number of anilines is 1. The Morgan fingerprint density at radius 2 is 1.45 bits per heavy atom. The molecule has 1 aliphatic carbocycles. The van der Waals surface area contributed by atoms with Crippen LogP contribution >= 0.6 is 11.6 Å². The maximum Gasteiger partial charge on any atom is 0.187 e. The highest BCUT2D eigenvalue weighted by molar-refractivity contribution is 6.35. The minimum absolute atomic E-state index is 0.241. The molecule has 3 aliphatic rings. The number of nitrogens with zero attached hydrogens (tertiary/aromatic N) is 1.